The zero-order valence-corrected chi connectivity index (χ0v) is 12.0. The van der Waals surface area contributed by atoms with E-state index in [1.54, 1.807) is 0 Å². The van der Waals surface area contributed by atoms with E-state index in [0.29, 0.717) is 10.6 Å². The smallest absolute Gasteiger partial charge is 0.325 e. The summed E-state index contributed by atoms with van der Waals surface area (Å²) in [4.78, 5) is 24.5. The highest BCUT2D eigenvalue weighted by atomic mass is 32.1. The van der Waals surface area contributed by atoms with Crippen LogP contribution in [0.15, 0.2) is 18.5 Å². The van der Waals surface area contributed by atoms with Crippen molar-refractivity contribution in [3.05, 3.63) is 33.8 Å². The van der Waals surface area contributed by atoms with Crippen molar-refractivity contribution in [3.63, 3.8) is 0 Å². The van der Waals surface area contributed by atoms with Gasteiger partial charge in [-0.3, -0.25) is 14.3 Å². The minimum Gasteiger partial charge on any atom is -0.480 e. The van der Waals surface area contributed by atoms with Gasteiger partial charge in [0, 0.05) is 11.1 Å². The van der Waals surface area contributed by atoms with Crippen LogP contribution < -0.4 is 5.32 Å². The normalized spacial score (nSPS) is 10.5. The van der Waals surface area contributed by atoms with Gasteiger partial charge in [-0.25, -0.2) is 0 Å². The Hall–Kier alpha value is -2.15. The lowest BCUT2D eigenvalue weighted by atomic mass is 10.2. The SMILES string of the molecule is CCc1sc(C(=O)Nc2cnn(CC(=O)O)c2)cc1C. The average Bonchev–Trinajstić information content (AvgIpc) is 2.95. The zero-order chi connectivity index (χ0) is 14.7. The van der Waals surface area contributed by atoms with Gasteiger partial charge in [-0.1, -0.05) is 6.92 Å². The number of nitrogens with zero attached hydrogens (tertiary/aromatic N) is 2. The highest BCUT2D eigenvalue weighted by molar-refractivity contribution is 7.14. The molecule has 0 aliphatic carbocycles. The number of amides is 1. The minimum atomic E-state index is -0.979. The molecule has 106 valence electrons. The molecule has 6 nitrogen and oxygen atoms in total. The number of aliphatic carboxylic acids is 1. The number of anilines is 1. The Morgan fingerprint density at radius 1 is 1.50 bits per heavy atom. The summed E-state index contributed by atoms with van der Waals surface area (Å²) in [5.41, 5.74) is 1.60. The van der Waals surface area contributed by atoms with Crippen molar-refractivity contribution in [2.24, 2.45) is 0 Å². The number of hydrogen-bond donors (Lipinski definition) is 2. The fraction of sp³-hybridized carbons (Fsp3) is 0.308. The van der Waals surface area contributed by atoms with Gasteiger partial charge in [-0.15, -0.1) is 11.3 Å². The first-order valence-electron chi connectivity index (χ1n) is 6.14. The summed E-state index contributed by atoms with van der Waals surface area (Å²) in [5, 5.41) is 15.2. The predicted molar refractivity (Wildman–Crippen MR) is 76.3 cm³/mol. The Kier molecular flexibility index (Phi) is 4.19. The lowest BCUT2D eigenvalue weighted by molar-refractivity contribution is -0.137. The van der Waals surface area contributed by atoms with Crippen LogP contribution >= 0.6 is 11.3 Å². The number of nitrogens with one attached hydrogen (secondary N) is 1. The van der Waals surface area contributed by atoms with Gasteiger partial charge in [0.25, 0.3) is 5.91 Å². The van der Waals surface area contributed by atoms with E-state index < -0.39 is 5.97 Å². The molecule has 2 N–H and O–H groups in total. The maximum absolute atomic E-state index is 12.1. The second kappa shape index (κ2) is 5.87. The third-order valence-electron chi connectivity index (χ3n) is 2.75. The van der Waals surface area contributed by atoms with E-state index in [-0.39, 0.29) is 12.5 Å². The number of carbonyl (C=O) groups excluding carboxylic acids is 1. The number of thiophene rings is 1. The topological polar surface area (TPSA) is 84.2 Å². The number of hydrogen-bond acceptors (Lipinski definition) is 4. The Labute approximate surface area is 120 Å². The number of carboxylic acid groups (broad SMARTS) is 1. The largest absolute Gasteiger partial charge is 0.480 e. The van der Waals surface area contributed by atoms with Crippen LogP contribution in [-0.2, 0) is 17.8 Å². The molecule has 0 saturated carbocycles. The van der Waals surface area contributed by atoms with Gasteiger partial charge in [-0.2, -0.15) is 5.10 Å². The molecule has 0 spiro atoms. The van der Waals surface area contributed by atoms with Crippen molar-refractivity contribution in [1.82, 2.24) is 9.78 Å². The van der Waals surface area contributed by atoms with Crippen LogP contribution in [0, 0.1) is 6.92 Å². The van der Waals surface area contributed by atoms with Crippen molar-refractivity contribution in [2.75, 3.05) is 5.32 Å². The number of rotatable bonds is 5. The molecular formula is C13H15N3O3S. The van der Waals surface area contributed by atoms with Crippen LogP contribution in [-0.4, -0.2) is 26.8 Å². The van der Waals surface area contributed by atoms with Crippen LogP contribution in [0.25, 0.3) is 0 Å². The summed E-state index contributed by atoms with van der Waals surface area (Å²) in [6, 6.07) is 1.86. The van der Waals surface area contributed by atoms with Crippen LogP contribution in [0.4, 0.5) is 5.69 Å². The monoisotopic (exact) mass is 293 g/mol. The van der Waals surface area contributed by atoms with E-state index in [9.17, 15) is 9.59 Å². The standard InChI is InChI=1S/C13H15N3O3S/c1-3-10-8(2)4-11(20-10)13(19)15-9-5-14-16(6-9)7-12(17)18/h4-6H,3,7H2,1-2H3,(H,15,19)(H,17,18). The number of carboxylic acids is 1. The van der Waals surface area contributed by atoms with Crippen LogP contribution in [0.1, 0.15) is 27.0 Å². The Bertz CT molecular complexity index is 645. The summed E-state index contributed by atoms with van der Waals surface area (Å²) in [7, 11) is 0. The first-order chi connectivity index (χ1) is 9.49. The fourth-order valence-corrected chi connectivity index (χ4v) is 2.84. The van der Waals surface area contributed by atoms with Crippen molar-refractivity contribution < 1.29 is 14.7 Å². The molecule has 0 saturated heterocycles. The summed E-state index contributed by atoms with van der Waals surface area (Å²) in [6.07, 6.45) is 3.83. The molecule has 0 aliphatic heterocycles. The molecule has 2 aromatic rings. The highest BCUT2D eigenvalue weighted by Gasteiger charge is 2.13. The lowest BCUT2D eigenvalue weighted by Gasteiger charge is -1.99. The van der Waals surface area contributed by atoms with E-state index >= 15 is 0 Å². The molecule has 1 amide bonds. The molecule has 0 atom stereocenters. The number of carbonyl (C=O) groups is 2. The summed E-state index contributed by atoms with van der Waals surface area (Å²) < 4.78 is 1.26. The molecule has 7 heteroatoms. The molecule has 0 aromatic carbocycles. The van der Waals surface area contributed by atoms with E-state index in [1.807, 2.05) is 13.0 Å². The van der Waals surface area contributed by atoms with Gasteiger partial charge < -0.3 is 10.4 Å². The molecule has 0 radical (unpaired) electrons. The molecule has 2 aromatic heterocycles. The van der Waals surface area contributed by atoms with Gasteiger partial charge in [-0.05, 0) is 25.0 Å². The maximum atomic E-state index is 12.1. The van der Waals surface area contributed by atoms with Gasteiger partial charge in [0.15, 0.2) is 0 Å². The van der Waals surface area contributed by atoms with E-state index in [2.05, 4.69) is 17.3 Å². The van der Waals surface area contributed by atoms with Crippen LogP contribution in [0.3, 0.4) is 0 Å². The zero-order valence-electron chi connectivity index (χ0n) is 11.2. The molecule has 2 heterocycles. The highest BCUT2D eigenvalue weighted by Crippen LogP contribution is 2.23. The Morgan fingerprint density at radius 3 is 2.85 bits per heavy atom. The van der Waals surface area contributed by atoms with Gasteiger partial charge in [0.2, 0.25) is 0 Å². The summed E-state index contributed by atoms with van der Waals surface area (Å²) in [5.74, 6) is -1.18. The summed E-state index contributed by atoms with van der Waals surface area (Å²) >= 11 is 1.47. The van der Waals surface area contributed by atoms with Gasteiger partial charge >= 0.3 is 5.97 Å². The van der Waals surface area contributed by atoms with E-state index in [1.165, 1.54) is 33.3 Å². The van der Waals surface area contributed by atoms with Crippen molar-refractivity contribution in [3.8, 4) is 0 Å². The second-order valence-electron chi connectivity index (χ2n) is 4.34. The second-order valence-corrected chi connectivity index (χ2v) is 5.48. The fourth-order valence-electron chi connectivity index (χ4n) is 1.83. The third-order valence-corrected chi connectivity index (χ3v) is 4.13. The van der Waals surface area contributed by atoms with Gasteiger partial charge in [0.05, 0.1) is 16.8 Å². The lowest BCUT2D eigenvalue weighted by Crippen LogP contribution is -2.10. The summed E-state index contributed by atoms with van der Waals surface area (Å²) in [6.45, 7) is 3.81. The third kappa shape index (κ3) is 3.24. The molecule has 0 unspecified atom stereocenters. The first-order valence-corrected chi connectivity index (χ1v) is 6.96. The van der Waals surface area contributed by atoms with Crippen LogP contribution in [0.5, 0.6) is 0 Å². The number of aromatic nitrogens is 2. The van der Waals surface area contributed by atoms with E-state index in [4.69, 9.17) is 5.11 Å². The molecule has 2 rings (SSSR count). The Balaban J connectivity index is 2.07. The number of aryl methyl sites for hydroxylation is 2. The van der Waals surface area contributed by atoms with Crippen LogP contribution in [0.2, 0.25) is 0 Å². The molecular weight excluding hydrogens is 278 g/mol. The van der Waals surface area contributed by atoms with Crippen molar-refractivity contribution in [2.45, 2.75) is 26.8 Å². The molecule has 0 bridgehead atoms. The predicted octanol–water partition coefficient (Wildman–Crippen LogP) is 2.15. The maximum Gasteiger partial charge on any atom is 0.325 e. The average molecular weight is 293 g/mol. The quantitative estimate of drug-likeness (QED) is 0.884. The van der Waals surface area contributed by atoms with Gasteiger partial charge in [0.1, 0.15) is 6.54 Å². The molecule has 0 aliphatic rings. The Morgan fingerprint density at radius 2 is 2.25 bits per heavy atom. The van der Waals surface area contributed by atoms with Crippen molar-refractivity contribution >= 4 is 28.9 Å². The van der Waals surface area contributed by atoms with Crippen molar-refractivity contribution in [1.29, 1.82) is 0 Å². The minimum absolute atomic E-state index is 0.201. The first kappa shape index (κ1) is 14.3. The molecule has 0 fully saturated rings. The molecule has 20 heavy (non-hydrogen) atoms. The van der Waals surface area contributed by atoms with E-state index in [0.717, 1.165) is 12.0 Å².